The standard InChI is InChI=1S/C17H22N6O2/c1-2-11-12(8-25-17(11)24)13-6-14(22-5-3-4-10(18)7-22)15-16(19)20-9-21-23(13)15/h6,9-10H,2-5,7-8,18H2,1H3,(H2,19,20,21)/t10-/m1/s1. The molecule has 0 aromatic carbocycles. The number of nitrogens with zero attached hydrogens (tertiary/aromatic N) is 4. The smallest absolute Gasteiger partial charge is 0.334 e. The molecule has 2 aromatic heterocycles. The van der Waals surface area contributed by atoms with Crippen LogP contribution < -0.4 is 16.4 Å². The highest BCUT2D eigenvalue weighted by atomic mass is 16.5. The molecule has 0 radical (unpaired) electrons. The fourth-order valence-corrected chi connectivity index (χ4v) is 3.75. The number of cyclic esters (lactones) is 1. The van der Waals surface area contributed by atoms with Crippen LogP contribution in [0.1, 0.15) is 31.9 Å². The van der Waals surface area contributed by atoms with E-state index in [0.717, 1.165) is 48.4 Å². The van der Waals surface area contributed by atoms with Crippen LogP contribution in [0.2, 0.25) is 0 Å². The van der Waals surface area contributed by atoms with Crippen molar-refractivity contribution < 1.29 is 9.53 Å². The van der Waals surface area contributed by atoms with Crippen LogP contribution in [0, 0.1) is 0 Å². The third-order valence-electron chi connectivity index (χ3n) is 4.98. The Bertz CT molecular complexity index is 871. The molecule has 0 spiro atoms. The van der Waals surface area contributed by atoms with Gasteiger partial charge in [-0.1, -0.05) is 6.92 Å². The predicted octanol–water partition coefficient (Wildman–Crippen LogP) is 0.959. The summed E-state index contributed by atoms with van der Waals surface area (Å²) < 4.78 is 7.01. The zero-order valence-electron chi connectivity index (χ0n) is 14.2. The number of carbonyl (C=O) groups excluding carboxylic acids is 1. The Balaban J connectivity index is 1.91. The fourth-order valence-electron chi connectivity index (χ4n) is 3.75. The average Bonchev–Trinajstić information content (AvgIpc) is 3.16. The topological polar surface area (TPSA) is 112 Å². The molecule has 25 heavy (non-hydrogen) atoms. The third kappa shape index (κ3) is 2.53. The monoisotopic (exact) mass is 342 g/mol. The van der Waals surface area contributed by atoms with Crippen LogP contribution in [0.25, 0.3) is 11.1 Å². The van der Waals surface area contributed by atoms with Gasteiger partial charge in [0.1, 0.15) is 18.5 Å². The maximum atomic E-state index is 12.0. The molecule has 0 saturated carbocycles. The van der Waals surface area contributed by atoms with E-state index in [1.807, 2.05) is 13.0 Å². The highest BCUT2D eigenvalue weighted by Crippen LogP contribution is 2.36. The number of rotatable bonds is 3. The summed E-state index contributed by atoms with van der Waals surface area (Å²) in [7, 11) is 0. The summed E-state index contributed by atoms with van der Waals surface area (Å²) in [5.74, 6) is 0.162. The molecule has 0 aliphatic carbocycles. The van der Waals surface area contributed by atoms with Crippen molar-refractivity contribution in [3.05, 3.63) is 23.7 Å². The van der Waals surface area contributed by atoms with Gasteiger partial charge in [-0.05, 0) is 25.3 Å². The van der Waals surface area contributed by atoms with Gasteiger partial charge in [-0.25, -0.2) is 14.3 Å². The molecule has 1 saturated heterocycles. The normalized spacial score (nSPS) is 21.3. The molecule has 2 aliphatic heterocycles. The van der Waals surface area contributed by atoms with Crippen LogP contribution in [0.3, 0.4) is 0 Å². The van der Waals surface area contributed by atoms with Crippen LogP contribution in [0.15, 0.2) is 18.0 Å². The highest BCUT2D eigenvalue weighted by Gasteiger charge is 2.29. The molecule has 4 rings (SSSR count). The zero-order chi connectivity index (χ0) is 17.6. The summed E-state index contributed by atoms with van der Waals surface area (Å²) in [6.07, 6.45) is 4.10. The fraction of sp³-hybridized carbons (Fsp3) is 0.471. The Morgan fingerprint density at radius 2 is 2.28 bits per heavy atom. The van der Waals surface area contributed by atoms with Gasteiger partial charge in [-0.15, -0.1) is 0 Å². The van der Waals surface area contributed by atoms with Gasteiger partial charge in [-0.2, -0.15) is 5.10 Å². The molecule has 4 heterocycles. The van der Waals surface area contributed by atoms with Gasteiger partial charge in [-0.3, -0.25) is 0 Å². The lowest BCUT2D eigenvalue weighted by Crippen LogP contribution is -2.42. The molecule has 8 heteroatoms. The first-order chi connectivity index (χ1) is 12.1. The maximum absolute atomic E-state index is 12.0. The minimum absolute atomic E-state index is 0.139. The molecule has 2 aliphatic rings. The van der Waals surface area contributed by atoms with Crippen molar-refractivity contribution in [2.75, 3.05) is 30.3 Å². The van der Waals surface area contributed by atoms with Crippen LogP contribution >= 0.6 is 0 Å². The van der Waals surface area contributed by atoms with Gasteiger partial charge in [0.2, 0.25) is 0 Å². The Morgan fingerprint density at radius 1 is 1.44 bits per heavy atom. The summed E-state index contributed by atoms with van der Waals surface area (Å²) in [5.41, 5.74) is 16.4. The zero-order valence-corrected chi connectivity index (χ0v) is 14.2. The van der Waals surface area contributed by atoms with Gasteiger partial charge in [0.05, 0.1) is 11.4 Å². The molecule has 1 atom stereocenters. The second-order valence-electron chi connectivity index (χ2n) is 6.56. The van der Waals surface area contributed by atoms with E-state index in [4.69, 9.17) is 16.2 Å². The minimum Gasteiger partial charge on any atom is -0.457 e. The number of piperidine rings is 1. The van der Waals surface area contributed by atoms with Gasteiger partial charge in [0, 0.05) is 30.3 Å². The van der Waals surface area contributed by atoms with Gasteiger partial charge in [0.25, 0.3) is 0 Å². The van der Waals surface area contributed by atoms with Crippen molar-refractivity contribution in [2.45, 2.75) is 32.2 Å². The van der Waals surface area contributed by atoms with Crippen molar-refractivity contribution in [1.29, 1.82) is 0 Å². The number of hydrogen-bond donors (Lipinski definition) is 2. The number of esters is 1. The van der Waals surface area contributed by atoms with Crippen molar-refractivity contribution in [3.8, 4) is 0 Å². The first kappa shape index (κ1) is 15.9. The van der Waals surface area contributed by atoms with Crippen LogP contribution in [0.4, 0.5) is 11.5 Å². The Morgan fingerprint density at radius 3 is 3.04 bits per heavy atom. The maximum Gasteiger partial charge on any atom is 0.334 e. The molecule has 8 nitrogen and oxygen atoms in total. The van der Waals surface area contributed by atoms with Crippen molar-refractivity contribution in [1.82, 2.24) is 14.6 Å². The van der Waals surface area contributed by atoms with Crippen molar-refractivity contribution in [3.63, 3.8) is 0 Å². The predicted molar refractivity (Wildman–Crippen MR) is 95.0 cm³/mol. The summed E-state index contributed by atoms with van der Waals surface area (Å²) >= 11 is 0. The van der Waals surface area contributed by atoms with Gasteiger partial charge < -0.3 is 21.1 Å². The van der Waals surface area contributed by atoms with Crippen molar-refractivity contribution >= 4 is 28.6 Å². The van der Waals surface area contributed by atoms with Gasteiger partial charge in [0.15, 0.2) is 5.82 Å². The number of aromatic nitrogens is 3. The number of hydrogen-bond acceptors (Lipinski definition) is 7. The van der Waals surface area contributed by atoms with E-state index >= 15 is 0 Å². The molecule has 0 amide bonds. The quantitative estimate of drug-likeness (QED) is 0.799. The molecule has 132 valence electrons. The lowest BCUT2D eigenvalue weighted by Gasteiger charge is -2.32. The first-order valence-electron chi connectivity index (χ1n) is 8.62. The lowest BCUT2D eigenvalue weighted by atomic mass is 10.0. The number of nitrogens with two attached hydrogens (primary N) is 2. The van der Waals surface area contributed by atoms with E-state index < -0.39 is 0 Å². The third-order valence-corrected chi connectivity index (χ3v) is 4.98. The molecule has 4 N–H and O–H groups in total. The molecular weight excluding hydrogens is 320 g/mol. The van der Waals surface area contributed by atoms with E-state index in [2.05, 4.69) is 15.0 Å². The number of nitrogen functional groups attached to an aromatic ring is 1. The van der Waals surface area contributed by atoms with E-state index in [9.17, 15) is 4.79 Å². The van der Waals surface area contributed by atoms with Crippen LogP contribution in [-0.4, -0.2) is 46.3 Å². The Hall–Kier alpha value is -2.61. The molecule has 0 unspecified atom stereocenters. The van der Waals surface area contributed by atoms with Crippen molar-refractivity contribution in [2.24, 2.45) is 5.73 Å². The summed E-state index contributed by atoms with van der Waals surface area (Å²) in [5, 5.41) is 4.38. The summed E-state index contributed by atoms with van der Waals surface area (Å²) in [6.45, 7) is 3.89. The summed E-state index contributed by atoms with van der Waals surface area (Å²) in [6, 6.07) is 2.17. The Kier molecular flexibility index (Phi) is 3.84. The number of anilines is 2. The number of ether oxygens (including phenoxy) is 1. The second-order valence-corrected chi connectivity index (χ2v) is 6.56. The first-order valence-corrected chi connectivity index (χ1v) is 8.62. The molecule has 1 fully saturated rings. The summed E-state index contributed by atoms with van der Waals surface area (Å²) in [4.78, 5) is 18.4. The molecular formula is C17H22N6O2. The van der Waals surface area contributed by atoms with E-state index in [1.54, 1.807) is 4.52 Å². The van der Waals surface area contributed by atoms with Gasteiger partial charge >= 0.3 is 5.97 Å². The number of carbonyl (C=O) groups is 1. The SMILES string of the molecule is CCC1=C(c2cc(N3CCC[C@@H](N)C3)c3c(N)ncnn23)COC1=O. The van der Waals surface area contributed by atoms with Crippen LogP contribution in [0.5, 0.6) is 0 Å². The van der Waals surface area contributed by atoms with Crippen LogP contribution in [-0.2, 0) is 9.53 Å². The number of fused-ring (bicyclic) bond motifs is 1. The van der Waals surface area contributed by atoms with E-state index in [-0.39, 0.29) is 18.6 Å². The largest absolute Gasteiger partial charge is 0.457 e. The lowest BCUT2D eigenvalue weighted by molar-refractivity contribution is -0.136. The Labute approximate surface area is 145 Å². The van der Waals surface area contributed by atoms with E-state index in [0.29, 0.717) is 17.8 Å². The second kappa shape index (κ2) is 6.03. The minimum atomic E-state index is -0.254. The highest BCUT2D eigenvalue weighted by molar-refractivity contribution is 6.02. The molecule has 2 aromatic rings. The molecule has 0 bridgehead atoms. The van der Waals surface area contributed by atoms with E-state index in [1.165, 1.54) is 6.33 Å². The average molecular weight is 342 g/mol.